The average Bonchev–Trinajstić information content (AvgIpc) is 2.97. The van der Waals surface area contributed by atoms with Crippen LogP contribution in [-0.4, -0.2) is 10.2 Å². The molecule has 3 nitrogen and oxygen atoms in total. The Kier molecular flexibility index (Phi) is 3.46. The van der Waals surface area contributed by atoms with Gasteiger partial charge < -0.3 is 5.32 Å². The first-order chi connectivity index (χ1) is 9.81. The van der Waals surface area contributed by atoms with Crippen LogP contribution < -0.4 is 5.32 Å². The maximum absolute atomic E-state index is 12.8. The number of benzene rings is 2. The van der Waals surface area contributed by atoms with E-state index in [4.69, 9.17) is 0 Å². The number of rotatable bonds is 4. The minimum atomic E-state index is -0.221. The first-order valence-electron chi connectivity index (χ1n) is 6.40. The van der Waals surface area contributed by atoms with Crippen molar-refractivity contribution in [1.29, 1.82) is 0 Å². The molecule has 3 aromatic rings. The molecule has 0 spiro atoms. The van der Waals surface area contributed by atoms with Crippen molar-refractivity contribution in [3.63, 3.8) is 0 Å². The van der Waals surface area contributed by atoms with Crippen molar-refractivity contribution in [2.24, 2.45) is 0 Å². The van der Waals surface area contributed by atoms with Crippen LogP contribution in [0.25, 0.3) is 11.3 Å². The van der Waals surface area contributed by atoms with Crippen LogP contribution in [0.4, 0.5) is 10.2 Å². The lowest BCUT2D eigenvalue weighted by Gasteiger charge is -2.03. The van der Waals surface area contributed by atoms with E-state index in [0.717, 1.165) is 22.6 Å². The second-order valence-electron chi connectivity index (χ2n) is 4.51. The van der Waals surface area contributed by atoms with E-state index in [1.165, 1.54) is 12.1 Å². The van der Waals surface area contributed by atoms with Crippen LogP contribution in [0.15, 0.2) is 60.7 Å². The normalized spacial score (nSPS) is 10.4. The number of halogens is 1. The van der Waals surface area contributed by atoms with Gasteiger partial charge in [0.2, 0.25) is 0 Å². The van der Waals surface area contributed by atoms with E-state index in [1.807, 2.05) is 36.4 Å². The van der Waals surface area contributed by atoms with Gasteiger partial charge >= 0.3 is 0 Å². The summed E-state index contributed by atoms with van der Waals surface area (Å²) in [4.78, 5) is 0. The Morgan fingerprint density at radius 2 is 1.75 bits per heavy atom. The van der Waals surface area contributed by atoms with Gasteiger partial charge in [-0.2, -0.15) is 5.10 Å². The number of H-pyrrole nitrogens is 1. The molecule has 0 fully saturated rings. The molecule has 0 radical (unpaired) electrons. The third-order valence-electron chi connectivity index (χ3n) is 3.04. The molecule has 0 saturated carbocycles. The lowest BCUT2D eigenvalue weighted by molar-refractivity contribution is 0.627. The second-order valence-corrected chi connectivity index (χ2v) is 4.51. The predicted octanol–water partition coefficient (Wildman–Crippen LogP) is 3.83. The van der Waals surface area contributed by atoms with Crippen molar-refractivity contribution in [3.05, 3.63) is 72.0 Å². The minimum absolute atomic E-state index is 0.221. The molecule has 0 aliphatic carbocycles. The van der Waals surface area contributed by atoms with Gasteiger partial charge in [-0.3, -0.25) is 5.10 Å². The zero-order valence-corrected chi connectivity index (χ0v) is 10.8. The summed E-state index contributed by atoms with van der Waals surface area (Å²) in [7, 11) is 0. The summed E-state index contributed by atoms with van der Waals surface area (Å²) in [5.74, 6) is 0.620. The van der Waals surface area contributed by atoms with Gasteiger partial charge in [0.05, 0.1) is 5.69 Å². The SMILES string of the molecule is Fc1ccc(CNc2cc(-c3ccccc3)n[nH]2)cc1. The molecular formula is C16H14FN3. The van der Waals surface area contributed by atoms with Crippen LogP contribution in [0.2, 0.25) is 0 Å². The fourth-order valence-electron chi connectivity index (χ4n) is 1.97. The summed E-state index contributed by atoms with van der Waals surface area (Å²) in [5.41, 5.74) is 2.98. The summed E-state index contributed by atoms with van der Waals surface area (Å²) >= 11 is 0. The molecule has 0 atom stereocenters. The number of nitrogens with one attached hydrogen (secondary N) is 2. The number of aromatic amines is 1. The Bertz CT molecular complexity index is 674. The highest BCUT2D eigenvalue weighted by Crippen LogP contribution is 2.19. The third-order valence-corrected chi connectivity index (χ3v) is 3.04. The molecule has 0 bridgehead atoms. The molecule has 0 saturated heterocycles. The molecule has 0 aliphatic rings. The van der Waals surface area contributed by atoms with Gasteiger partial charge in [0.25, 0.3) is 0 Å². The Morgan fingerprint density at radius 3 is 2.50 bits per heavy atom. The molecule has 3 rings (SSSR count). The maximum atomic E-state index is 12.8. The Hall–Kier alpha value is -2.62. The lowest BCUT2D eigenvalue weighted by Crippen LogP contribution is -1.99. The summed E-state index contributed by atoms with van der Waals surface area (Å²) < 4.78 is 12.8. The fraction of sp³-hybridized carbons (Fsp3) is 0.0625. The Morgan fingerprint density at radius 1 is 1.00 bits per heavy atom. The first-order valence-corrected chi connectivity index (χ1v) is 6.40. The van der Waals surface area contributed by atoms with Crippen LogP contribution in [0, 0.1) is 5.82 Å². The molecule has 1 aromatic heterocycles. The Labute approximate surface area is 116 Å². The minimum Gasteiger partial charge on any atom is -0.366 e. The molecule has 2 N–H and O–H groups in total. The van der Waals surface area contributed by atoms with Gasteiger partial charge in [0.15, 0.2) is 0 Å². The van der Waals surface area contributed by atoms with Crippen molar-refractivity contribution in [2.75, 3.05) is 5.32 Å². The standard InChI is InChI=1S/C16H14FN3/c17-14-8-6-12(7-9-14)11-18-16-10-15(19-20-16)13-4-2-1-3-5-13/h1-10H,11H2,(H2,18,19,20). The van der Waals surface area contributed by atoms with Gasteiger partial charge in [-0.05, 0) is 17.7 Å². The summed E-state index contributed by atoms with van der Waals surface area (Å²) in [5, 5.41) is 10.4. The molecule has 0 unspecified atom stereocenters. The Balaban J connectivity index is 1.67. The van der Waals surface area contributed by atoms with Crippen molar-refractivity contribution in [2.45, 2.75) is 6.54 Å². The van der Waals surface area contributed by atoms with Crippen LogP contribution in [0.3, 0.4) is 0 Å². The molecule has 4 heteroatoms. The zero-order chi connectivity index (χ0) is 13.8. The number of hydrogen-bond donors (Lipinski definition) is 2. The maximum Gasteiger partial charge on any atom is 0.123 e. The van der Waals surface area contributed by atoms with Gasteiger partial charge in [-0.1, -0.05) is 42.5 Å². The molecule has 0 aliphatic heterocycles. The summed E-state index contributed by atoms with van der Waals surface area (Å²) in [6.07, 6.45) is 0. The molecule has 0 amide bonds. The third kappa shape index (κ3) is 2.85. The van der Waals surface area contributed by atoms with E-state index < -0.39 is 0 Å². The highest BCUT2D eigenvalue weighted by molar-refractivity contribution is 5.62. The largest absolute Gasteiger partial charge is 0.366 e. The first kappa shape index (κ1) is 12.4. The van der Waals surface area contributed by atoms with Gasteiger partial charge in [0, 0.05) is 18.2 Å². The quantitative estimate of drug-likeness (QED) is 0.754. The highest BCUT2D eigenvalue weighted by Gasteiger charge is 2.03. The summed E-state index contributed by atoms with van der Waals surface area (Å²) in [6.45, 7) is 0.622. The van der Waals surface area contributed by atoms with Gasteiger partial charge in [-0.15, -0.1) is 0 Å². The van der Waals surface area contributed by atoms with E-state index in [2.05, 4.69) is 15.5 Å². The average molecular weight is 267 g/mol. The van der Waals surface area contributed by atoms with E-state index in [9.17, 15) is 4.39 Å². The van der Waals surface area contributed by atoms with E-state index in [-0.39, 0.29) is 5.82 Å². The number of aromatic nitrogens is 2. The zero-order valence-electron chi connectivity index (χ0n) is 10.8. The van der Waals surface area contributed by atoms with Crippen LogP contribution in [0.5, 0.6) is 0 Å². The fourth-order valence-corrected chi connectivity index (χ4v) is 1.97. The van der Waals surface area contributed by atoms with Crippen molar-refractivity contribution >= 4 is 5.82 Å². The van der Waals surface area contributed by atoms with Crippen LogP contribution in [0.1, 0.15) is 5.56 Å². The number of nitrogens with zero attached hydrogens (tertiary/aromatic N) is 1. The van der Waals surface area contributed by atoms with E-state index >= 15 is 0 Å². The second kappa shape index (κ2) is 5.57. The molecule has 1 heterocycles. The predicted molar refractivity (Wildman–Crippen MR) is 77.8 cm³/mol. The molecular weight excluding hydrogens is 253 g/mol. The molecule has 2 aromatic carbocycles. The van der Waals surface area contributed by atoms with Crippen LogP contribution >= 0.6 is 0 Å². The van der Waals surface area contributed by atoms with E-state index in [1.54, 1.807) is 12.1 Å². The highest BCUT2D eigenvalue weighted by atomic mass is 19.1. The van der Waals surface area contributed by atoms with Crippen molar-refractivity contribution < 1.29 is 4.39 Å². The van der Waals surface area contributed by atoms with Crippen LogP contribution in [-0.2, 0) is 6.54 Å². The van der Waals surface area contributed by atoms with Crippen molar-refractivity contribution in [1.82, 2.24) is 10.2 Å². The monoisotopic (exact) mass is 267 g/mol. The molecule has 100 valence electrons. The summed E-state index contributed by atoms with van der Waals surface area (Å²) in [6, 6.07) is 18.4. The van der Waals surface area contributed by atoms with Gasteiger partial charge in [-0.25, -0.2) is 4.39 Å². The lowest BCUT2D eigenvalue weighted by atomic mass is 10.1. The number of hydrogen-bond acceptors (Lipinski definition) is 2. The van der Waals surface area contributed by atoms with E-state index in [0.29, 0.717) is 6.54 Å². The van der Waals surface area contributed by atoms with Gasteiger partial charge in [0.1, 0.15) is 11.6 Å². The van der Waals surface area contributed by atoms with Crippen molar-refractivity contribution in [3.8, 4) is 11.3 Å². The smallest absolute Gasteiger partial charge is 0.123 e. The molecule has 20 heavy (non-hydrogen) atoms. The number of anilines is 1. The topological polar surface area (TPSA) is 40.7 Å².